The molecule has 6 heteroatoms. The number of benzene rings is 1. The average molecular weight is 251 g/mol. The first kappa shape index (κ1) is 11.4. The Bertz CT molecular complexity index is 395. The molecule has 0 radical (unpaired) electrons. The van der Waals surface area contributed by atoms with Gasteiger partial charge in [0.1, 0.15) is 0 Å². The third kappa shape index (κ3) is 2.20. The summed E-state index contributed by atoms with van der Waals surface area (Å²) in [5, 5.41) is 12.8. The first-order valence-electron chi connectivity index (χ1n) is 3.67. The number of nitrogens with two attached hydrogens (primary N) is 1. The Labute approximate surface area is 96.8 Å². The minimum absolute atomic E-state index is 0.0382. The smallest absolute Gasteiger partial charge is 0.168 e. The summed E-state index contributed by atoms with van der Waals surface area (Å²) >= 11 is 16.3. The van der Waals surface area contributed by atoms with Gasteiger partial charge in [0.05, 0.1) is 10.7 Å². The molecule has 0 bridgehead atoms. The molecule has 0 amide bonds. The van der Waals surface area contributed by atoms with E-state index in [2.05, 4.69) is 17.5 Å². The number of rotatable bonds is 1. The van der Waals surface area contributed by atoms with E-state index in [1.807, 2.05) is 0 Å². The van der Waals surface area contributed by atoms with Crippen LogP contribution in [-0.2, 0) is 0 Å². The van der Waals surface area contributed by atoms with Gasteiger partial charge in [-0.3, -0.25) is 0 Å². The highest BCUT2D eigenvalue weighted by atomic mass is 35.5. The molecule has 1 aromatic carbocycles. The second-order valence-corrected chi connectivity index (χ2v) is 3.91. The first-order chi connectivity index (χ1) is 6.43. The van der Waals surface area contributed by atoms with Crippen LogP contribution in [0, 0.1) is 6.92 Å². The summed E-state index contributed by atoms with van der Waals surface area (Å²) in [6.07, 6.45) is 0. The van der Waals surface area contributed by atoms with Gasteiger partial charge in [-0.15, -0.1) is 0 Å². The van der Waals surface area contributed by atoms with Crippen molar-refractivity contribution < 1.29 is 5.11 Å². The lowest BCUT2D eigenvalue weighted by molar-refractivity contribution is 0.477. The summed E-state index contributed by atoms with van der Waals surface area (Å²) < 4.78 is 0. The molecule has 0 fully saturated rings. The lowest BCUT2D eigenvalue weighted by Crippen LogP contribution is -2.19. The van der Waals surface area contributed by atoms with E-state index in [-0.39, 0.29) is 15.9 Å². The predicted molar refractivity (Wildman–Crippen MR) is 63.3 cm³/mol. The molecule has 0 aliphatic rings. The molecule has 0 unspecified atom stereocenters. The second-order valence-electron chi connectivity index (χ2n) is 2.68. The van der Waals surface area contributed by atoms with Crippen molar-refractivity contribution in [1.29, 1.82) is 0 Å². The fourth-order valence-electron chi connectivity index (χ4n) is 0.932. The number of aromatic hydroxyl groups is 1. The lowest BCUT2D eigenvalue weighted by Gasteiger charge is -2.10. The number of hydrogen-bond acceptors (Lipinski definition) is 2. The number of thiocarbonyl (C=S) groups is 1. The van der Waals surface area contributed by atoms with Gasteiger partial charge in [0.2, 0.25) is 0 Å². The van der Waals surface area contributed by atoms with Crippen LogP contribution < -0.4 is 11.1 Å². The van der Waals surface area contributed by atoms with Crippen molar-refractivity contribution in [3.8, 4) is 5.75 Å². The van der Waals surface area contributed by atoms with Gasteiger partial charge in [-0.2, -0.15) is 0 Å². The zero-order valence-electron chi connectivity index (χ0n) is 7.27. The molecule has 0 aliphatic carbocycles. The molecule has 76 valence electrons. The first-order valence-corrected chi connectivity index (χ1v) is 4.84. The lowest BCUT2D eigenvalue weighted by atomic mass is 10.2. The summed E-state index contributed by atoms with van der Waals surface area (Å²) in [5.74, 6) is -0.110. The molecule has 3 nitrogen and oxygen atoms in total. The van der Waals surface area contributed by atoms with E-state index in [9.17, 15) is 5.11 Å². The Hall–Kier alpha value is -0.710. The van der Waals surface area contributed by atoms with Gasteiger partial charge < -0.3 is 16.2 Å². The number of anilines is 1. The van der Waals surface area contributed by atoms with Gasteiger partial charge in [0, 0.05) is 5.02 Å². The van der Waals surface area contributed by atoms with Crippen molar-refractivity contribution in [1.82, 2.24) is 0 Å². The minimum atomic E-state index is -0.110. The van der Waals surface area contributed by atoms with E-state index >= 15 is 0 Å². The fraction of sp³-hybridized carbons (Fsp3) is 0.125. The largest absolute Gasteiger partial charge is 0.504 e. The molecular weight excluding hydrogens is 243 g/mol. The van der Waals surface area contributed by atoms with E-state index in [0.717, 1.165) is 0 Å². The van der Waals surface area contributed by atoms with Crippen LogP contribution in [0.25, 0.3) is 0 Å². The summed E-state index contributed by atoms with van der Waals surface area (Å²) in [5.41, 5.74) is 6.17. The van der Waals surface area contributed by atoms with Gasteiger partial charge >= 0.3 is 0 Å². The van der Waals surface area contributed by atoms with Crippen molar-refractivity contribution >= 4 is 46.2 Å². The monoisotopic (exact) mass is 250 g/mol. The Morgan fingerprint density at radius 1 is 1.57 bits per heavy atom. The maximum absolute atomic E-state index is 9.58. The summed E-state index contributed by atoms with van der Waals surface area (Å²) in [4.78, 5) is 0. The van der Waals surface area contributed by atoms with E-state index in [1.165, 1.54) is 6.07 Å². The molecule has 1 rings (SSSR count). The van der Waals surface area contributed by atoms with Crippen LogP contribution in [0.4, 0.5) is 5.69 Å². The molecular formula is C8H8Cl2N2OS. The third-order valence-corrected chi connectivity index (χ3v) is 2.64. The van der Waals surface area contributed by atoms with Gasteiger partial charge in [-0.25, -0.2) is 0 Å². The summed E-state index contributed by atoms with van der Waals surface area (Å²) in [6.45, 7) is 1.70. The maximum Gasteiger partial charge on any atom is 0.168 e. The van der Waals surface area contributed by atoms with Crippen LogP contribution in [0.2, 0.25) is 10.0 Å². The fourth-order valence-corrected chi connectivity index (χ4v) is 1.50. The minimum Gasteiger partial charge on any atom is -0.504 e. The Kier molecular flexibility index (Phi) is 3.42. The van der Waals surface area contributed by atoms with E-state index in [0.29, 0.717) is 16.3 Å². The van der Waals surface area contributed by atoms with Crippen LogP contribution in [-0.4, -0.2) is 10.2 Å². The molecule has 14 heavy (non-hydrogen) atoms. The van der Waals surface area contributed by atoms with E-state index < -0.39 is 0 Å². The second kappa shape index (κ2) is 4.21. The topological polar surface area (TPSA) is 58.3 Å². The van der Waals surface area contributed by atoms with E-state index in [1.54, 1.807) is 6.92 Å². The molecule has 0 saturated heterocycles. The van der Waals surface area contributed by atoms with Crippen molar-refractivity contribution in [3.63, 3.8) is 0 Å². The zero-order valence-corrected chi connectivity index (χ0v) is 9.59. The molecule has 0 aromatic heterocycles. The maximum atomic E-state index is 9.58. The number of halogens is 2. The predicted octanol–water partition coefficient (Wildman–Crippen LogP) is 2.66. The summed E-state index contributed by atoms with van der Waals surface area (Å²) in [7, 11) is 0. The van der Waals surface area contributed by atoms with Crippen LogP contribution in [0.3, 0.4) is 0 Å². The highest BCUT2D eigenvalue weighted by Gasteiger charge is 2.12. The highest BCUT2D eigenvalue weighted by Crippen LogP contribution is 2.38. The standard InChI is InChI=1S/C8H8Cl2N2OS/c1-3-4(9)2-5(12-8(11)14)7(13)6(3)10/h2,13H,1H3,(H3,11,12,14). The molecule has 4 N–H and O–H groups in total. The van der Waals surface area contributed by atoms with Gasteiger partial charge in [-0.05, 0) is 30.8 Å². The van der Waals surface area contributed by atoms with Crippen LogP contribution in [0.15, 0.2) is 6.07 Å². The third-order valence-electron chi connectivity index (χ3n) is 1.68. The number of phenols is 1. The van der Waals surface area contributed by atoms with Gasteiger partial charge in [0.25, 0.3) is 0 Å². The molecule has 0 atom stereocenters. The van der Waals surface area contributed by atoms with Crippen LogP contribution in [0.5, 0.6) is 5.75 Å². The van der Waals surface area contributed by atoms with Crippen molar-refractivity contribution in [2.75, 3.05) is 5.32 Å². The van der Waals surface area contributed by atoms with E-state index in [4.69, 9.17) is 28.9 Å². The molecule has 0 saturated carbocycles. The Morgan fingerprint density at radius 3 is 2.64 bits per heavy atom. The Balaban J connectivity index is 3.25. The molecule has 0 aliphatic heterocycles. The van der Waals surface area contributed by atoms with Crippen LogP contribution >= 0.6 is 35.4 Å². The number of nitrogens with one attached hydrogen (secondary N) is 1. The molecule has 1 aromatic rings. The van der Waals surface area contributed by atoms with Crippen molar-refractivity contribution in [2.24, 2.45) is 5.73 Å². The highest BCUT2D eigenvalue weighted by molar-refractivity contribution is 7.80. The summed E-state index contributed by atoms with van der Waals surface area (Å²) in [6, 6.07) is 1.51. The van der Waals surface area contributed by atoms with Crippen molar-refractivity contribution in [2.45, 2.75) is 6.92 Å². The van der Waals surface area contributed by atoms with Crippen LogP contribution in [0.1, 0.15) is 5.56 Å². The number of hydrogen-bond donors (Lipinski definition) is 3. The van der Waals surface area contributed by atoms with Gasteiger partial charge in [0.15, 0.2) is 10.9 Å². The van der Waals surface area contributed by atoms with Crippen molar-refractivity contribution in [3.05, 3.63) is 21.7 Å². The molecule has 0 heterocycles. The number of phenolic OH excluding ortho intramolecular Hbond substituents is 1. The molecule has 0 spiro atoms. The quantitative estimate of drug-likeness (QED) is 0.530. The average Bonchev–Trinajstić information content (AvgIpc) is 2.10. The normalized spacial score (nSPS) is 9.93. The Morgan fingerprint density at radius 2 is 2.14 bits per heavy atom. The zero-order chi connectivity index (χ0) is 10.9. The van der Waals surface area contributed by atoms with Gasteiger partial charge in [-0.1, -0.05) is 23.2 Å². The SMILES string of the molecule is Cc1c(Cl)cc(NC(N)=S)c(O)c1Cl.